The maximum Gasteiger partial charge on any atom is 0.451 e. The van der Waals surface area contributed by atoms with Crippen LogP contribution in [0.3, 0.4) is 0 Å². The Morgan fingerprint density at radius 3 is 2.60 bits per heavy atom. The highest BCUT2D eigenvalue weighted by molar-refractivity contribution is 9.10. The van der Waals surface area contributed by atoms with E-state index in [2.05, 4.69) is 15.9 Å². The number of alkyl halides is 2. The van der Waals surface area contributed by atoms with Gasteiger partial charge in [-0.2, -0.15) is 0 Å². The van der Waals surface area contributed by atoms with Crippen molar-refractivity contribution in [2.75, 3.05) is 0 Å². The minimum atomic E-state index is -2.46. The van der Waals surface area contributed by atoms with Crippen molar-refractivity contribution in [3.05, 3.63) is 29.0 Å². The smallest absolute Gasteiger partial charge is 0.143 e. The molecule has 1 aromatic rings. The fourth-order valence-electron chi connectivity index (χ4n) is 0.584. The first-order valence-electron chi connectivity index (χ1n) is 2.64. The summed E-state index contributed by atoms with van der Waals surface area (Å²) in [4.78, 5) is 0. The standard InChI is InChI=1S/C6H5BrF2N/c7-5-2-1-3-10(4-5)6(8)9/h1-4,6H/q+1. The second-order valence-electron chi connectivity index (χ2n) is 1.75. The van der Waals surface area contributed by atoms with E-state index in [4.69, 9.17) is 0 Å². The number of nitrogens with zero attached hydrogens (tertiary/aromatic N) is 1. The van der Waals surface area contributed by atoms with Crippen LogP contribution >= 0.6 is 15.9 Å². The van der Waals surface area contributed by atoms with Crippen LogP contribution in [0.2, 0.25) is 0 Å². The van der Waals surface area contributed by atoms with Gasteiger partial charge in [0.15, 0.2) is 12.4 Å². The Labute approximate surface area is 65.4 Å². The molecule has 0 fully saturated rings. The normalized spacial score (nSPS) is 10.4. The molecule has 0 aliphatic rings. The molecule has 0 saturated carbocycles. The summed E-state index contributed by atoms with van der Waals surface area (Å²) in [5.74, 6) is 0. The topological polar surface area (TPSA) is 3.88 Å². The van der Waals surface area contributed by atoms with E-state index in [1.807, 2.05) is 0 Å². The van der Waals surface area contributed by atoms with Crippen LogP contribution in [0.15, 0.2) is 29.0 Å². The van der Waals surface area contributed by atoms with Gasteiger partial charge in [-0.15, -0.1) is 13.3 Å². The molecule has 1 aromatic heterocycles. The van der Waals surface area contributed by atoms with Crippen molar-refractivity contribution in [1.29, 1.82) is 0 Å². The van der Waals surface area contributed by atoms with Crippen LogP contribution in [0.1, 0.15) is 6.55 Å². The third-order valence-corrected chi connectivity index (χ3v) is 1.48. The molecule has 1 rings (SSSR count). The molecule has 1 nitrogen and oxygen atoms in total. The van der Waals surface area contributed by atoms with Crippen LogP contribution < -0.4 is 4.57 Å². The first kappa shape index (κ1) is 7.60. The molecular weight excluding hydrogens is 204 g/mol. The Kier molecular flexibility index (Phi) is 2.32. The molecule has 0 bridgehead atoms. The van der Waals surface area contributed by atoms with E-state index in [9.17, 15) is 8.78 Å². The predicted molar refractivity (Wildman–Crippen MR) is 35.6 cm³/mol. The second kappa shape index (κ2) is 3.05. The quantitative estimate of drug-likeness (QED) is 0.623. The first-order valence-corrected chi connectivity index (χ1v) is 3.44. The van der Waals surface area contributed by atoms with E-state index in [0.29, 0.717) is 4.47 Å². The minimum Gasteiger partial charge on any atom is -0.143 e. The summed E-state index contributed by atoms with van der Waals surface area (Å²) in [7, 11) is 0. The van der Waals surface area contributed by atoms with Crippen molar-refractivity contribution in [1.82, 2.24) is 0 Å². The van der Waals surface area contributed by atoms with Crippen LogP contribution in [0.25, 0.3) is 0 Å². The molecule has 10 heavy (non-hydrogen) atoms. The lowest BCUT2D eigenvalue weighted by molar-refractivity contribution is -0.773. The Morgan fingerprint density at radius 2 is 2.20 bits per heavy atom. The molecule has 0 amide bonds. The van der Waals surface area contributed by atoms with Gasteiger partial charge in [-0.25, -0.2) is 0 Å². The summed E-state index contributed by atoms with van der Waals surface area (Å²) < 4.78 is 25.3. The summed E-state index contributed by atoms with van der Waals surface area (Å²) in [6, 6.07) is 3.25. The van der Waals surface area contributed by atoms with Gasteiger partial charge in [-0.3, -0.25) is 0 Å². The lowest BCUT2D eigenvalue weighted by atomic mass is 10.5. The fraction of sp³-hybridized carbons (Fsp3) is 0.167. The maximum absolute atomic E-state index is 11.9. The Balaban J connectivity index is 2.96. The van der Waals surface area contributed by atoms with Gasteiger partial charge in [0.2, 0.25) is 0 Å². The zero-order valence-corrected chi connectivity index (χ0v) is 6.55. The average Bonchev–Trinajstić information content (AvgIpc) is 1.88. The zero-order chi connectivity index (χ0) is 7.56. The lowest BCUT2D eigenvalue weighted by Gasteiger charge is -1.91. The number of aromatic nitrogens is 1. The average molecular weight is 209 g/mol. The third-order valence-electron chi connectivity index (χ3n) is 1.01. The van der Waals surface area contributed by atoms with E-state index >= 15 is 0 Å². The van der Waals surface area contributed by atoms with Crippen molar-refractivity contribution in [2.45, 2.75) is 6.55 Å². The molecule has 0 N–H and O–H groups in total. The molecule has 54 valence electrons. The second-order valence-corrected chi connectivity index (χ2v) is 2.66. The van der Waals surface area contributed by atoms with Crippen molar-refractivity contribution in [3.8, 4) is 0 Å². The molecule has 0 aliphatic heterocycles. The Bertz CT molecular complexity index is 227. The van der Waals surface area contributed by atoms with E-state index < -0.39 is 6.55 Å². The predicted octanol–water partition coefficient (Wildman–Crippen LogP) is 2.13. The summed E-state index contributed by atoms with van der Waals surface area (Å²) in [6.45, 7) is -2.46. The van der Waals surface area contributed by atoms with Crippen molar-refractivity contribution in [2.24, 2.45) is 0 Å². The number of rotatable bonds is 1. The van der Waals surface area contributed by atoms with Crippen LogP contribution in [-0.4, -0.2) is 0 Å². The lowest BCUT2D eigenvalue weighted by Crippen LogP contribution is -2.33. The number of pyridine rings is 1. The fourth-order valence-corrected chi connectivity index (χ4v) is 0.973. The largest absolute Gasteiger partial charge is 0.451 e. The van der Waals surface area contributed by atoms with Gasteiger partial charge in [-0.05, 0) is 22.0 Å². The number of hydrogen-bond acceptors (Lipinski definition) is 0. The zero-order valence-electron chi connectivity index (χ0n) is 4.97. The van der Waals surface area contributed by atoms with Crippen LogP contribution in [0.5, 0.6) is 0 Å². The Morgan fingerprint density at radius 1 is 1.50 bits per heavy atom. The monoisotopic (exact) mass is 208 g/mol. The van der Waals surface area contributed by atoms with Crippen molar-refractivity contribution in [3.63, 3.8) is 0 Å². The van der Waals surface area contributed by atoms with E-state index in [0.717, 1.165) is 4.57 Å². The van der Waals surface area contributed by atoms with Gasteiger partial charge < -0.3 is 0 Å². The number of hydrogen-bond donors (Lipinski definition) is 0. The molecule has 0 saturated heterocycles. The van der Waals surface area contributed by atoms with Gasteiger partial charge in [0.25, 0.3) is 0 Å². The van der Waals surface area contributed by atoms with Gasteiger partial charge in [0.05, 0.1) is 4.47 Å². The molecular formula is C6H5BrF2N+. The molecule has 0 atom stereocenters. The molecule has 0 unspecified atom stereocenters. The minimum absolute atomic E-state index is 0.648. The van der Waals surface area contributed by atoms with Crippen LogP contribution in [0, 0.1) is 0 Å². The summed E-state index contributed by atoms with van der Waals surface area (Å²) >= 11 is 3.08. The summed E-state index contributed by atoms with van der Waals surface area (Å²) in [5, 5.41) is 0. The highest BCUT2D eigenvalue weighted by Crippen LogP contribution is 2.06. The third kappa shape index (κ3) is 1.73. The molecule has 0 radical (unpaired) electrons. The molecule has 0 aliphatic carbocycles. The van der Waals surface area contributed by atoms with Crippen molar-refractivity contribution < 1.29 is 13.3 Å². The Hall–Kier alpha value is -0.510. The van der Waals surface area contributed by atoms with Gasteiger partial charge in [0, 0.05) is 6.07 Å². The van der Waals surface area contributed by atoms with E-state index in [1.54, 1.807) is 12.1 Å². The van der Waals surface area contributed by atoms with Gasteiger partial charge in [0.1, 0.15) is 0 Å². The molecule has 0 aromatic carbocycles. The number of halogens is 3. The van der Waals surface area contributed by atoms with Gasteiger partial charge >= 0.3 is 6.55 Å². The highest BCUT2D eigenvalue weighted by Gasteiger charge is 2.12. The highest BCUT2D eigenvalue weighted by atomic mass is 79.9. The van der Waals surface area contributed by atoms with Crippen LogP contribution in [0.4, 0.5) is 8.78 Å². The van der Waals surface area contributed by atoms with Crippen LogP contribution in [-0.2, 0) is 0 Å². The van der Waals surface area contributed by atoms with Gasteiger partial charge in [-0.1, -0.05) is 0 Å². The van der Waals surface area contributed by atoms with E-state index in [1.165, 1.54) is 12.4 Å². The van der Waals surface area contributed by atoms with E-state index in [-0.39, 0.29) is 0 Å². The molecule has 0 spiro atoms. The first-order chi connectivity index (χ1) is 4.70. The van der Waals surface area contributed by atoms with Crippen molar-refractivity contribution >= 4 is 15.9 Å². The SMILES string of the molecule is FC(F)[n+]1cccc(Br)c1. The molecule has 1 heterocycles. The summed E-state index contributed by atoms with van der Waals surface area (Å²) in [6.07, 6.45) is 2.64. The summed E-state index contributed by atoms with van der Waals surface area (Å²) in [5.41, 5.74) is 0. The molecule has 4 heteroatoms. The maximum atomic E-state index is 11.9.